The molecule has 4 nitrogen and oxygen atoms in total. The molecular formula is C26H27FN2O2. The van der Waals surface area contributed by atoms with Gasteiger partial charge in [-0.2, -0.15) is 0 Å². The molecule has 5 heteroatoms. The van der Waals surface area contributed by atoms with E-state index in [-0.39, 0.29) is 30.6 Å². The maximum atomic E-state index is 13.4. The van der Waals surface area contributed by atoms with Crippen LogP contribution < -0.4 is 5.32 Å². The van der Waals surface area contributed by atoms with Gasteiger partial charge in [-0.3, -0.25) is 9.59 Å². The molecule has 0 saturated heterocycles. The van der Waals surface area contributed by atoms with Crippen LogP contribution in [0.2, 0.25) is 0 Å². The predicted octanol–water partition coefficient (Wildman–Crippen LogP) is 4.66. The SMILES string of the molecule is CCCNC(=O)[C@@H](c1ccccc1)N(Cc1ccc(F)cc1)C(=O)Cc1ccccc1. The quantitative estimate of drug-likeness (QED) is 0.549. The fourth-order valence-corrected chi connectivity index (χ4v) is 3.44. The van der Waals surface area contributed by atoms with E-state index in [1.165, 1.54) is 12.1 Å². The standard InChI is InChI=1S/C26H27FN2O2/c1-2-17-28-26(31)25(22-11-7-4-8-12-22)29(19-21-13-15-23(27)16-14-21)24(30)18-20-9-5-3-6-10-20/h3-16,25H,2,17-19H2,1H3,(H,28,31)/t25-/m1/s1. The highest BCUT2D eigenvalue weighted by molar-refractivity contribution is 5.89. The Morgan fingerprint density at radius 2 is 1.48 bits per heavy atom. The van der Waals surface area contributed by atoms with Gasteiger partial charge >= 0.3 is 0 Å². The molecule has 0 unspecified atom stereocenters. The second-order valence-electron chi connectivity index (χ2n) is 7.41. The van der Waals surface area contributed by atoms with Gasteiger partial charge in [-0.05, 0) is 35.2 Å². The van der Waals surface area contributed by atoms with E-state index in [4.69, 9.17) is 0 Å². The van der Waals surface area contributed by atoms with Crippen molar-refractivity contribution in [1.29, 1.82) is 0 Å². The molecule has 0 saturated carbocycles. The summed E-state index contributed by atoms with van der Waals surface area (Å²) in [6.07, 6.45) is 0.968. The lowest BCUT2D eigenvalue weighted by Gasteiger charge is -2.32. The van der Waals surface area contributed by atoms with E-state index in [0.29, 0.717) is 6.54 Å². The third-order valence-electron chi connectivity index (χ3n) is 5.01. The van der Waals surface area contributed by atoms with Gasteiger partial charge in [0.1, 0.15) is 11.9 Å². The van der Waals surface area contributed by atoms with Crippen molar-refractivity contribution in [1.82, 2.24) is 10.2 Å². The Bertz CT molecular complexity index is 975. The number of rotatable bonds is 9. The molecule has 3 aromatic carbocycles. The molecule has 0 aromatic heterocycles. The first-order valence-corrected chi connectivity index (χ1v) is 10.5. The zero-order valence-electron chi connectivity index (χ0n) is 17.6. The second-order valence-corrected chi connectivity index (χ2v) is 7.41. The van der Waals surface area contributed by atoms with Crippen molar-refractivity contribution in [2.45, 2.75) is 32.4 Å². The molecule has 0 fully saturated rings. The fraction of sp³-hybridized carbons (Fsp3) is 0.231. The number of nitrogens with one attached hydrogen (secondary N) is 1. The molecule has 0 radical (unpaired) electrons. The lowest BCUT2D eigenvalue weighted by molar-refractivity contribution is -0.141. The Balaban J connectivity index is 1.97. The van der Waals surface area contributed by atoms with Gasteiger partial charge in [0.05, 0.1) is 6.42 Å². The number of benzene rings is 3. The highest BCUT2D eigenvalue weighted by Gasteiger charge is 2.31. The number of halogens is 1. The number of carbonyl (C=O) groups is 2. The van der Waals surface area contributed by atoms with Gasteiger partial charge in [-0.1, -0.05) is 79.7 Å². The second kappa shape index (κ2) is 11.1. The summed E-state index contributed by atoms with van der Waals surface area (Å²) in [5, 5.41) is 2.93. The van der Waals surface area contributed by atoms with Gasteiger partial charge in [-0.15, -0.1) is 0 Å². The molecule has 1 atom stereocenters. The minimum Gasteiger partial charge on any atom is -0.354 e. The maximum absolute atomic E-state index is 13.4. The van der Waals surface area contributed by atoms with Crippen molar-refractivity contribution < 1.29 is 14.0 Å². The Hall–Kier alpha value is -3.47. The number of nitrogens with zero attached hydrogens (tertiary/aromatic N) is 1. The number of carbonyl (C=O) groups excluding carboxylic acids is 2. The zero-order valence-corrected chi connectivity index (χ0v) is 17.6. The minimum atomic E-state index is -0.783. The Morgan fingerprint density at radius 1 is 0.871 bits per heavy atom. The lowest BCUT2D eigenvalue weighted by atomic mass is 10.0. The summed E-state index contributed by atoms with van der Waals surface area (Å²) in [5.74, 6) is -0.737. The van der Waals surface area contributed by atoms with Gasteiger partial charge in [0.25, 0.3) is 0 Å². The van der Waals surface area contributed by atoms with E-state index in [0.717, 1.165) is 23.1 Å². The average molecular weight is 419 g/mol. The highest BCUT2D eigenvalue weighted by Crippen LogP contribution is 2.25. The third-order valence-corrected chi connectivity index (χ3v) is 5.01. The van der Waals surface area contributed by atoms with E-state index in [1.807, 2.05) is 67.6 Å². The predicted molar refractivity (Wildman–Crippen MR) is 120 cm³/mol. The molecule has 0 bridgehead atoms. The molecule has 0 aliphatic rings. The molecule has 0 heterocycles. The molecule has 3 aromatic rings. The van der Waals surface area contributed by atoms with Crippen molar-refractivity contribution in [2.75, 3.05) is 6.54 Å². The zero-order chi connectivity index (χ0) is 22.1. The van der Waals surface area contributed by atoms with Crippen LogP contribution in [0.25, 0.3) is 0 Å². The summed E-state index contributed by atoms with van der Waals surface area (Å²) >= 11 is 0. The summed E-state index contributed by atoms with van der Waals surface area (Å²) in [7, 11) is 0. The number of hydrogen-bond donors (Lipinski definition) is 1. The van der Waals surface area contributed by atoms with E-state index in [9.17, 15) is 14.0 Å². The van der Waals surface area contributed by atoms with Gasteiger partial charge in [0, 0.05) is 13.1 Å². The molecule has 31 heavy (non-hydrogen) atoms. The van der Waals surface area contributed by atoms with Crippen LogP contribution in [0.3, 0.4) is 0 Å². The topological polar surface area (TPSA) is 49.4 Å². The first kappa shape index (κ1) is 22.2. The van der Waals surface area contributed by atoms with Crippen LogP contribution in [-0.4, -0.2) is 23.3 Å². The molecule has 160 valence electrons. The van der Waals surface area contributed by atoms with E-state index >= 15 is 0 Å². The smallest absolute Gasteiger partial charge is 0.247 e. The highest BCUT2D eigenvalue weighted by atomic mass is 19.1. The first-order valence-electron chi connectivity index (χ1n) is 10.5. The van der Waals surface area contributed by atoms with E-state index in [2.05, 4.69) is 5.32 Å². The molecule has 1 N–H and O–H groups in total. The van der Waals surface area contributed by atoms with Crippen molar-refractivity contribution in [2.24, 2.45) is 0 Å². The van der Waals surface area contributed by atoms with Crippen molar-refractivity contribution in [3.8, 4) is 0 Å². The van der Waals surface area contributed by atoms with Crippen molar-refractivity contribution in [3.05, 3.63) is 107 Å². The van der Waals surface area contributed by atoms with Crippen molar-refractivity contribution >= 4 is 11.8 Å². The summed E-state index contributed by atoms with van der Waals surface area (Å²) in [6, 6.07) is 24.0. The number of hydrogen-bond acceptors (Lipinski definition) is 2. The molecule has 3 rings (SSSR count). The normalized spacial score (nSPS) is 11.5. The Morgan fingerprint density at radius 3 is 2.10 bits per heavy atom. The monoisotopic (exact) mass is 418 g/mol. The average Bonchev–Trinajstić information content (AvgIpc) is 2.80. The fourth-order valence-electron chi connectivity index (χ4n) is 3.44. The van der Waals surface area contributed by atoms with Crippen LogP contribution in [0.15, 0.2) is 84.9 Å². The molecule has 0 aliphatic heterocycles. The summed E-state index contributed by atoms with van der Waals surface area (Å²) in [5.41, 5.74) is 2.36. The molecular weight excluding hydrogens is 391 g/mol. The first-order chi connectivity index (χ1) is 15.1. The van der Waals surface area contributed by atoms with Crippen LogP contribution in [-0.2, 0) is 22.6 Å². The Kier molecular flexibility index (Phi) is 7.93. The van der Waals surface area contributed by atoms with Gasteiger partial charge in [0.15, 0.2) is 0 Å². The Labute approximate surface area is 182 Å². The van der Waals surface area contributed by atoms with Crippen LogP contribution in [0.4, 0.5) is 4.39 Å². The third kappa shape index (κ3) is 6.25. The number of amides is 2. The summed E-state index contributed by atoms with van der Waals surface area (Å²) in [4.78, 5) is 28.2. The van der Waals surface area contributed by atoms with Crippen LogP contribution in [0, 0.1) is 5.82 Å². The van der Waals surface area contributed by atoms with Crippen molar-refractivity contribution in [3.63, 3.8) is 0 Å². The largest absolute Gasteiger partial charge is 0.354 e. The van der Waals surface area contributed by atoms with E-state index in [1.54, 1.807) is 17.0 Å². The summed E-state index contributed by atoms with van der Waals surface area (Å²) in [6.45, 7) is 2.71. The lowest BCUT2D eigenvalue weighted by Crippen LogP contribution is -2.44. The van der Waals surface area contributed by atoms with E-state index < -0.39 is 6.04 Å². The van der Waals surface area contributed by atoms with Crippen LogP contribution >= 0.6 is 0 Å². The molecule has 0 aliphatic carbocycles. The minimum absolute atomic E-state index is 0.170. The van der Waals surface area contributed by atoms with Gasteiger partial charge in [0.2, 0.25) is 11.8 Å². The van der Waals surface area contributed by atoms with Crippen LogP contribution in [0.1, 0.15) is 36.1 Å². The molecule has 0 spiro atoms. The molecule has 2 amide bonds. The summed E-state index contributed by atoms with van der Waals surface area (Å²) < 4.78 is 13.4. The van der Waals surface area contributed by atoms with Gasteiger partial charge < -0.3 is 10.2 Å². The van der Waals surface area contributed by atoms with Gasteiger partial charge in [-0.25, -0.2) is 4.39 Å². The maximum Gasteiger partial charge on any atom is 0.247 e. The van der Waals surface area contributed by atoms with Crippen LogP contribution in [0.5, 0.6) is 0 Å².